The minimum Gasteiger partial charge on any atom is -0.0530 e. The van der Waals surface area contributed by atoms with E-state index in [2.05, 4.69) is 0 Å². The van der Waals surface area contributed by atoms with Crippen LogP contribution in [0, 0.1) is 118 Å². The van der Waals surface area contributed by atoms with E-state index in [0.29, 0.717) is 0 Å². The smallest absolute Gasteiger partial charge is 0.0321 e. The van der Waals surface area contributed by atoms with Gasteiger partial charge in [0.25, 0.3) is 0 Å². The summed E-state index contributed by atoms with van der Waals surface area (Å²) in [5.41, 5.74) is 0. The molecule has 11 rings (SSSR count). The molecule has 0 amide bonds. The van der Waals surface area contributed by atoms with E-state index in [0.717, 1.165) is 107 Å². The maximum absolute atomic E-state index is 1.72. The van der Waals surface area contributed by atoms with Crippen LogP contribution in [-0.2, 0) is 0 Å². The summed E-state index contributed by atoms with van der Waals surface area (Å²) in [6.07, 6.45) is 48.9. The van der Waals surface area contributed by atoms with Gasteiger partial charge >= 0.3 is 0 Å². The molecule has 0 saturated heterocycles. The lowest BCUT2D eigenvalue weighted by Crippen LogP contribution is -2.54. The third-order valence-electron chi connectivity index (χ3n) is 21.5. The lowest BCUT2D eigenvalue weighted by molar-refractivity contribution is -0.128. The second-order valence-corrected chi connectivity index (χ2v) is 22.9. The lowest BCUT2D eigenvalue weighted by atomic mass is 9.43. The lowest BCUT2D eigenvalue weighted by Gasteiger charge is -2.62. The maximum atomic E-state index is 1.72. The second-order valence-electron chi connectivity index (χ2n) is 22.9. The summed E-state index contributed by atoms with van der Waals surface area (Å²) in [4.78, 5) is 0. The Morgan fingerprint density at radius 1 is 0.160 bits per heavy atom. The Morgan fingerprint density at radius 2 is 0.500 bits per heavy atom. The minimum absolute atomic E-state index is 1.11. The van der Waals surface area contributed by atoms with E-state index in [9.17, 15) is 0 Å². The van der Waals surface area contributed by atoms with Gasteiger partial charge in [-0.15, -0.1) is 0 Å². The Hall–Kier alpha value is 0. The molecule has 11 fully saturated rings. The number of fused-ring (bicyclic) bond motifs is 4. The van der Waals surface area contributed by atoms with Crippen molar-refractivity contribution >= 4 is 0 Å². The zero-order valence-electron chi connectivity index (χ0n) is 32.8. The van der Waals surface area contributed by atoms with Gasteiger partial charge in [0.05, 0.1) is 0 Å². The van der Waals surface area contributed by atoms with Crippen LogP contribution in [-0.4, -0.2) is 0 Å². The van der Waals surface area contributed by atoms with Crippen molar-refractivity contribution in [2.75, 3.05) is 0 Å². The van der Waals surface area contributed by atoms with E-state index < -0.39 is 0 Å². The fraction of sp³-hybridized carbons (Fsp3) is 1.00. The first-order chi connectivity index (χ1) is 24.8. The fourth-order valence-corrected chi connectivity index (χ4v) is 20.3. The Kier molecular flexibility index (Phi) is 9.30. The highest BCUT2D eigenvalue weighted by Gasteiger charge is 2.58. The van der Waals surface area contributed by atoms with Crippen molar-refractivity contribution in [3.8, 4) is 0 Å². The van der Waals surface area contributed by atoms with E-state index in [-0.39, 0.29) is 0 Å². The summed E-state index contributed by atoms with van der Waals surface area (Å²) >= 11 is 0. The molecule has 17 atom stereocenters. The molecule has 0 aromatic carbocycles. The van der Waals surface area contributed by atoms with E-state index in [1.165, 1.54) is 11.8 Å². The highest BCUT2D eigenvalue weighted by atomic mass is 14.6. The summed E-state index contributed by atoms with van der Waals surface area (Å²) in [6.45, 7) is 0. The zero-order chi connectivity index (χ0) is 32.8. The van der Waals surface area contributed by atoms with Gasteiger partial charge in [0, 0.05) is 0 Å². The largest absolute Gasteiger partial charge is 0.0530 e. The van der Waals surface area contributed by atoms with Crippen molar-refractivity contribution in [1.29, 1.82) is 0 Å². The minimum atomic E-state index is 1.11. The number of rotatable bonds is 3. The monoisotopic (exact) mass is 681 g/mol. The van der Waals surface area contributed by atoms with Crippen LogP contribution in [0.15, 0.2) is 0 Å². The predicted octanol–water partition coefficient (Wildman–Crippen LogP) is 14.2. The number of hydrogen-bond donors (Lipinski definition) is 0. The first-order valence-corrected chi connectivity index (χ1v) is 24.8. The molecule has 11 aliphatic carbocycles. The standard InChI is InChI=1S/C50H80/c1-5-16-42-34(10-1)26-35-11-2-6-17-43(35)48(42)39-28-38(41-24-22-33-21-20-31-14-9-15-32-23-25-46(41)50(33)47(31)32)29-40(30-39)49-44-18-7-3-12-36(44)27-37-13-4-8-19-45(37)49/h31-50H,1-30H2. The SMILES string of the molecule is C1CCC2C(C1)CC1CCCCC1C2C1CC(C2CCC3CCC4CCCC5CCC2C3C45)CC(C2C3CCCCC3CC3CCCCC32)C1. The molecule has 0 nitrogen and oxygen atoms in total. The molecular formula is C50H80. The van der Waals surface area contributed by atoms with Gasteiger partial charge in [-0.2, -0.15) is 0 Å². The van der Waals surface area contributed by atoms with Crippen molar-refractivity contribution in [2.24, 2.45) is 118 Å². The fourth-order valence-electron chi connectivity index (χ4n) is 20.3. The molecule has 0 heteroatoms. The Morgan fingerprint density at radius 3 is 0.980 bits per heavy atom. The van der Waals surface area contributed by atoms with E-state index in [1.807, 2.05) is 0 Å². The maximum Gasteiger partial charge on any atom is -0.0321 e. The zero-order valence-corrected chi connectivity index (χ0v) is 32.8. The third-order valence-corrected chi connectivity index (χ3v) is 21.5. The van der Waals surface area contributed by atoms with E-state index in [1.54, 1.807) is 193 Å². The van der Waals surface area contributed by atoms with Crippen LogP contribution in [0.3, 0.4) is 0 Å². The van der Waals surface area contributed by atoms with Crippen molar-refractivity contribution in [1.82, 2.24) is 0 Å². The second kappa shape index (κ2) is 13.9. The van der Waals surface area contributed by atoms with Crippen LogP contribution < -0.4 is 0 Å². The van der Waals surface area contributed by atoms with Gasteiger partial charge in [-0.3, -0.25) is 0 Å². The summed E-state index contributed by atoms with van der Waals surface area (Å²) in [6, 6.07) is 0. The van der Waals surface area contributed by atoms with Gasteiger partial charge in [0.15, 0.2) is 0 Å². The molecule has 11 aliphatic rings. The van der Waals surface area contributed by atoms with Gasteiger partial charge in [-0.1, -0.05) is 96.3 Å². The molecule has 0 aromatic rings. The van der Waals surface area contributed by atoms with E-state index >= 15 is 0 Å². The summed E-state index contributed by atoms with van der Waals surface area (Å²) in [7, 11) is 0. The van der Waals surface area contributed by atoms with Crippen LogP contribution in [0.1, 0.15) is 193 Å². The topological polar surface area (TPSA) is 0 Å². The molecule has 0 spiro atoms. The molecule has 0 aromatic heterocycles. The average molecular weight is 681 g/mol. The summed E-state index contributed by atoms with van der Waals surface area (Å²) in [5, 5.41) is 0. The van der Waals surface area contributed by atoms with Crippen LogP contribution in [0.5, 0.6) is 0 Å². The molecule has 11 saturated carbocycles. The molecule has 0 radical (unpaired) electrons. The molecule has 0 heterocycles. The Labute approximate surface area is 310 Å². The number of hydrogen-bond acceptors (Lipinski definition) is 0. The highest BCUT2D eigenvalue weighted by Crippen LogP contribution is 2.66. The summed E-state index contributed by atoms with van der Waals surface area (Å²) < 4.78 is 0. The van der Waals surface area contributed by atoms with Gasteiger partial charge in [-0.25, -0.2) is 0 Å². The molecular weight excluding hydrogens is 601 g/mol. The quantitative estimate of drug-likeness (QED) is 0.278. The van der Waals surface area contributed by atoms with Crippen LogP contribution in [0.25, 0.3) is 0 Å². The van der Waals surface area contributed by atoms with Crippen molar-refractivity contribution in [2.45, 2.75) is 193 Å². The Bertz CT molecular complexity index is 1060. The average Bonchev–Trinajstić information content (AvgIpc) is 3.17. The van der Waals surface area contributed by atoms with E-state index in [4.69, 9.17) is 0 Å². The van der Waals surface area contributed by atoms with Gasteiger partial charge in [0.1, 0.15) is 0 Å². The first kappa shape index (κ1) is 33.3. The van der Waals surface area contributed by atoms with Crippen LogP contribution >= 0.6 is 0 Å². The Balaban J connectivity index is 0.957. The molecule has 0 aliphatic heterocycles. The highest BCUT2D eigenvalue weighted by molar-refractivity contribution is 5.07. The first-order valence-electron chi connectivity index (χ1n) is 24.8. The van der Waals surface area contributed by atoms with Gasteiger partial charge < -0.3 is 0 Å². The van der Waals surface area contributed by atoms with Crippen LogP contribution in [0.2, 0.25) is 0 Å². The molecule has 0 bridgehead atoms. The molecule has 0 N–H and O–H groups in total. The molecule has 50 heavy (non-hydrogen) atoms. The van der Waals surface area contributed by atoms with Gasteiger partial charge in [-0.05, 0) is 215 Å². The molecule has 17 unspecified atom stereocenters. The predicted molar refractivity (Wildman–Crippen MR) is 208 cm³/mol. The molecule has 280 valence electrons. The van der Waals surface area contributed by atoms with Crippen molar-refractivity contribution in [3.63, 3.8) is 0 Å². The van der Waals surface area contributed by atoms with Gasteiger partial charge in [0.2, 0.25) is 0 Å². The third kappa shape index (κ3) is 5.65. The van der Waals surface area contributed by atoms with Crippen LogP contribution in [0.4, 0.5) is 0 Å². The summed E-state index contributed by atoms with van der Waals surface area (Å²) in [5.74, 6) is 22.7. The normalized spacial score (nSPS) is 57.6. The van der Waals surface area contributed by atoms with Crippen molar-refractivity contribution in [3.05, 3.63) is 0 Å². The van der Waals surface area contributed by atoms with Crippen molar-refractivity contribution < 1.29 is 0 Å².